The topological polar surface area (TPSA) is 52.6 Å². The molecule has 0 unspecified atom stereocenters. The van der Waals surface area contributed by atoms with E-state index in [0.29, 0.717) is 13.2 Å². The largest absolute Gasteiger partial charge is 0.462 e. The van der Waals surface area contributed by atoms with Gasteiger partial charge in [-0.1, -0.05) is 27.7 Å². The standard InChI is InChI=1S/C12H20O4/c1-9(2)7-15-11(13)5-6-12(14)16-8-10(3)4/h5-6,9-10H,7-8H2,1-4H3/b6-5-. The highest BCUT2D eigenvalue weighted by Crippen LogP contribution is 1.95. The fraction of sp³-hybridized carbons (Fsp3) is 0.667. The van der Waals surface area contributed by atoms with Gasteiger partial charge in [-0.2, -0.15) is 0 Å². The average molecular weight is 228 g/mol. The summed E-state index contributed by atoms with van der Waals surface area (Å²) >= 11 is 0. The summed E-state index contributed by atoms with van der Waals surface area (Å²) in [5.74, 6) is -0.471. The SMILES string of the molecule is CC(C)COC(=O)/C=C\C(=O)OCC(C)C. The van der Waals surface area contributed by atoms with Crippen molar-refractivity contribution in [1.29, 1.82) is 0 Å². The van der Waals surface area contributed by atoms with Gasteiger partial charge in [-0.25, -0.2) is 9.59 Å². The summed E-state index contributed by atoms with van der Waals surface area (Å²) in [6, 6.07) is 0. The minimum atomic E-state index is -0.518. The monoisotopic (exact) mass is 228 g/mol. The molecule has 0 saturated carbocycles. The number of rotatable bonds is 6. The predicted molar refractivity (Wildman–Crippen MR) is 60.7 cm³/mol. The molecule has 0 heterocycles. The number of carbonyl (C=O) groups is 2. The van der Waals surface area contributed by atoms with E-state index < -0.39 is 11.9 Å². The second-order valence-corrected chi connectivity index (χ2v) is 4.38. The van der Waals surface area contributed by atoms with Gasteiger partial charge in [0.15, 0.2) is 0 Å². The van der Waals surface area contributed by atoms with E-state index in [1.165, 1.54) is 0 Å². The smallest absolute Gasteiger partial charge is 0.331 e. The van der Waals surface area contributed by atoms with E-state index in [-0.39, 0.29) is 11.8 Å². The van der Waals surface area contributed by atoms with Gasteiger partial charge >= 0.3 is 11.9 Å². The van der Waals surface area contributed by atoms with Crippen molar-refractivity contribution in [3.63, 3.8) is 0 Å². The Morgan fingerprint density at radius 1 is 0.875 bits per heavy atom. The predicted octanol–water partition coefficient (Wildman–Crippen LogP) is 1.94. The summed E-state index contributed by atoms with van der Waals surface area (Å²) in [5.41, 5.74) is 0. The Bertz CT molecular complexity index is 228. The summed E-state index contributed by atoms with van der Waals surface area (Å²) in [7, 11) is 0. The third kappa shape index (κ3) is 9.24. The normalized spacial score (nSPS) is 11.1. The van der Waals surface area contributed by atoms with Gasteiger partial charge in [-0.15, -0.1) is 0 Å². The van der Waals surface area contributed by atoms with Gasteiger partial charge < -0.3 is 9.47 Å². The van der Waals surface area contributed by atoms with Crippen molar-refractivity contribution in [3.05, 3.63) is 12.2 Å². The summed E-state index contributed by atoms with van der Waals surface area (Å²) in [6.45, 7) is 8.46. The number of esters is 2. The number of hydrogen-bond acceptors (Lipinski definition) is 4. The van der Waals surface area contributed by atoms with Gasteiger partial charge in [0, 0.05) is 12.2 Å². The second-order valence-electron chi connectivity index (χ2n) is 4.38. The van der Waals surface area contributed by atoms with E-state index >= 15 is 0 Å². The summed E-state index contributed by atoms with van der Waals surface area (Å²) < 4.78 is 9.69. The molecule has 0 aliphatic rings. The summed E-state index contributed by atoms with van der Waals surface area (Å²) in [5, 5.41) is 0. The molecule has 92 valence electrons. The second kappa shape index (κ2) is 7.91. The van der Waals surface area contributed by atoms with Crippen LogP contribution in [0.3, 0.4) is 0 Å². The van der Waals surface area contributed by atoms with Crippen molar-refractivity contribution in [2.24, 2.45) is 11.8 Å². The van der Waals surface area contributed by atoms with Crippen LogP contribution in [0.4, 0.5) is 0 Å². The first kappa shape index (κ1) is 14.7. The molecule has 0 saturated heterocycles. The Labute approximate surface area is 96.6 Å². The van der Waals surface area contributed by atoms with Crippen molar-refractivity contribution in [3.8, 4) is 0 Å². The zero-order valence-corrected chi connectivity index (χ0v) is 10.4. The van der Waals surface area contributed by atoms with Gasteiger partial charge in [0.25, 0.3) is 0 Å². The molecule has 4 heteroatoms. The molecule has 0 spiro atoms. The van der Waals surface area contributed by atoms with E-state index in [9.17, 15) is 9.59 Å². The van der Waals surface area contributed by atoms with Crippen molar-refractivity contribution in [2.45, 2.75) is 27.7 Å². The Balaban J connectivity index is 3.80. The van der Waals surface area contributed by atoms with Gasteiger partial charge in [-0.05, 0) is 11.8 Å². The lowest BCUT2D eigenvalue weighted by atomic mass is 10.2. The van der Waals surface area contributed by atoms with E-state index in [0.717, 1.165) is 12.2 Å². The molecule has 0 radical (unpaired) electrons. The van der Waals surface area contributed by atoms with Gasteiger partial charge in [-0.3, -0.25) is 0 Å². The number of carbonyl (C=O) groups excluding carboxylic acids is 2. The van der Waals surface area contributed by atoms with Crippen LogP contribution in [-0.2, 0) is 19.1 Å². The molecule has 4 nitrogen and oxygen atoms in total. The van der Waals surface area contributed by atoms with Gasteiger partial charge in [0.1, 0.15) is 0 Å². The molecule has 0 fully saturated rings. The maximum atomic E-state index is 11.1. The highest BCUT2D eigenvalue weighted by atomic mass is 16.5. The quantitative estimate of drug-likeness (QED) is 0.515. The molecule has 0 bridgehead atoms. The van der Waals surface area contributed by atoms with Crippen LogP contribution in [0.25, 0.3) is 0 Å². The van der Waals surface area contributed by atoms with Gasteiger partial charge in [0.05, 0.1) is 13.2 Å². The van der Waals surface area contributed by atoms with Crippen LogP contribution in [-0.4, -0.2) is 25.2 Å². The first-order chi connectivity index (χ1) is 7.41. The first-order valence-corrected chi connectivity index (χ1v) is 5.43. The van der Waals surface area contributed by atoms with Crippen LogP contribution in [0.2, 0.25) is 0 Å². The Morgan fingerprint density at radius 3 is 1.44 bits per heavy atom. The minimum Gasteiger partial charge on any atom is -0.462 e. The van der Waals surface area contributed by atoms with Crippen molar-refractivity contribution >= 4 is 11.9 Å². The summed E-state index contributed by atoms with van der Waals surface area (Å²) in [6.07, 6.45) is 2.18. The van der Waals surface area contributed by atoms with E-state index in [1.807, 2.05) is 27.7 Å². The molecular weight excluding hydrogens is 208 g/mol. The van der Waals surface area contributed by atoms with Crippen molar-refractivity contribution < 1.29 is 19.1 Å². The molecular formula is C12H20O4. The lowest BCUT2D eigenvalue weighted by molar-refractivity contribution is -0.141. The zero-order chi connectivity index (χ0) is 12.6. The number of hydrogen-bond donors (Lipinski definition) is 0. The Kier molecular flexibility index (Phi) is 7.25. The van der Waals surface area contributed by atoms with Crippen LogP contribution in [0.15, 0.2) is 12.2 Å². The van der Waals surface area contributed by atoms with Crippen molar-refractivity contribution in [2.75, 3.05) is 13.2 Å². The first-order valence-electron chi connectivity index (χ1n) is 5.43. The molecule has 0 aliphatic heterocycles. The molecule has 0 aromatic carbocycles. The molecule has 0 amide bonds. The minimum absolute atomic E-state index is 0.283. The van der Waals surface area contributed by atoms with Gasteiger partial charge in [0.2, 0.25) is 0 Å². The highest BCUT2D eigenvalue weighted by molar-refractivity contribution is 5.91. The molecule has 16 heavy (non-hydrogen) atoms. The molecule has 0 atom stereocenters. The molecule has 0 rings (SSSR count). The molecule has 0 N–H and O–H groups in total. The highest BCUT2D eigenvalue weighted by Gasteiger charge is 2.03. The Hall–Kier alpha value is -1.32. The fourth-order valence-electron chi connectivity index (χ4n) is 0.730. The number of ether oxygens (including phenoxy) is 2. The molecule has 0 aromatic rings. The average Bonchev–Trinajstić information content (AvgIpc) is 2.20. The van der Waals surface area contributed by atoms with Crippen LogP contribution in [0.1, 0.15) is 27.7 Å². The van der Waals surface area contributed by atoms with Crippen LogP contribution in [0, 0.1) is 11.8 Å². The third-order valence-electron chi connectivity index (χ3n) is 1.47. The van der Waals surface area contributed by atoms with Crippen LogP contribution in [0.5, 0.6) is 0 Å². The zero-order valence-electron chi connectivity index (χ0n) is 10.4. The van der Waals surface area contributed by atoms with E-state index in [4.69, 9.17) is 9.47 Å². The van der Waals surface area contributed by atoms with E-state index in [1.54, 1.807) is 0 Å². The van der Waals surface area contributed by atoms with E-state index in [2.05, 4.69) is 0 Å². The molecule has 0 aromatic heterocycles. The maximum absolute atomic E-state index is 11.1. The fourth-order valence-corrected chi connectivity index (χ4v) is 0.730. The van der Waals surface area contributed by atoms with Crippen LogP contribution >= 0.6 is 0 Å². The summed E-state index contributed by atoms with van der Waals surface area (Å²) in [4.78, 5) is 22.1. The lowest BCUT2D eigenvalue weighted by Gasteiger charge is -2.05. The maximum Gasteiger partial charge on any atom is 0.331 e. The van der Waals surface area contributed by atoms with Crippen molar-refractivity contribution in [1.82, 2.24) is 0 Å². The third-order valence-corrected chi connectivity index (χ3v) is 1.47. The molecule has 0 aliphatic carbocycles. The lowest BCUT2D eigenvalue weighted by Crippen LogP contribution is -2.10. The Morgan fingerprint density at radius 2 is 1.19 bits per heavy atom. The van der Waals surface area contributed by atoms with Crippen LogP contribution < -0.4 is 0 Å².